The van der Waals surface area contributed by atoms with Crippen molar-refractivity contribution in [3.05, 3.63) is 29.8 Å². The number of hydrogen-bond donors (Lipinski definition) is 0. The maximum atomic E-state index is 5.99. The van der Waals surface area contributed by atoms with Crippen LogP contribution >= 0.6 is 8.53 Å². The first-order valence-corrected chi connectivity index (χ1v) is 7.19. The second-order valence-electron chi connectivity index (χ2n) is 4.78. The maximum Gasteiger partial charge on any atom is 0.321 e. The number of fused-ring (bicyclic) bond motifs is 1. The van der Waals surface area contributed by atoms with Crippen molar-refractivity contribution in [1.29, 1.82) is 0 Å². The van der Waals surface area contributed by atoms with Crippen LogP contribution in [0.4, 0.5) is 0 Å². The lowest BCUT2D eigenvalue weighted by Crippen LogP contribution is -2.35. The zero-order valence-corrected chi connectivity index (χ0v) is 11.8. The second kappa shape index (κ2) is 5.34. The third-order valence-electron chi connectivity index (χ3n) is 2.73. The molecule has 17 heavy (non-hydrogen) atoms. The normalized spacial score (nSPS) is 19.6. The molecule has 4 heteroatoms. The van der Waals surface area contributed by atoms with Crippen molar-refractivity contribution >= 4 is 8.53 Å². The van der Waals surface area contributed by atoms with Gasteiger partial charge in [-0.15, -0.1) is 0 Å². The van der Waals surface area contributed by atoms with E-state index in [1.54, 1.807) is 0 Å². The third kappa shape index (κ3) is 2.79. The van der Waals surface area contributed by atoms with Crippen LogP contribution < -0.4 is 4.52 Å². The number of rotatable bonds is 3. The smallest absolute Gasteiger partial charge is 0.321 e. The molecule has 1 aliphatic rings. The molecular weight excluding hydrogens is 233 g/mol. The van der Waals surface area contributed by atoms with Gasteiger partial charge >= 0.3 is 8.53 Å². The van der Waals surface area contributed by atoms with Gasteiger partial charge in [0.25, 0.3) is 0 Å². The maximum absolute atomic E-state index is 5.99. The minimum absolute atomic E-state index is 0.423. The van der Waals surface area contributed by atoms with Crippen LogP contribution in [0, 0.1) is 0 Å². The SMILES string of the molecule is CC(C)N(C(C)C)P1OCc2ccccc2O1. The predicted octanol–water partition coefficient (Wildman–Crippen LogP) is 3.94. The largest absolute Gasteiger partial charge is 0.435 e. The van der Waals surface area contributed by atoms with Gasteiger partial charge in [0.2, 0.25) is 0 Å². The molecule has 1 aromatic carbocycles. The van der Waals surface area contributed by atoms with Crippen molar-refractivity contribution in [3.63, 3.8) is 0 Å². The number of nitrogens with zero attached hydrogens (tertiary/aromatic N) is 1. The number of hydrogen-bond acceptors (Lipinski definition) is 3. The van der Waals surface area contributed by atoms with Gasteiger partial charge in [-0.25, -0.2) is 4.67 Å². The highest BCUT2D eigenvalue weighted by atomic mass is 31.2. The quantitative estimate of drug-likeness (QED) is 0.761. The Morgan fingerprint density at radius 2 is 1.76 bits per heavy atom. The first-order chi connectivity index (χ1) is 8.09. The topological polar surface area (TPSA) is 21.7 Å². The Morgan fingerprint density at radius 3 is 2.41 bits per heavy atom. The summed E-state index contributed by atoms with van der Waals surface area (Å²) in [5.41, 5.74) is 1.14. The molecule has 94 valence electrons. The van der Waals surface area contributed by atoms with Gasteiger partial charge in [0.15, 0.2) is 0 Å². The Hall–Kier alpha value is -0.630. The minimum atomic E-state index is -0.967. The van der Waals surface area contributed by atoms with E-state index in [-0.39, 0.29) is 0 Å². The van der Waals surface area contributed by atoms with Gasteiger partial charge in [-0.2, -0.15) is 0 Å². The van der Waals surface area contributed by atoms with Gasteiger partial charge < -0.3 is 9.05 Å². The summed E-state index contributed by atoms with van der Waals surface area (Å²) >= 11 is 0. The molecule has 0 fully saturated rings. The zero-order chi connectivity index (χ0) is 12.4. The lowest BCUT2D eigenvalue weighted by atomic mass is 10.2. The van der Waals surface area contributed by atoms with E-state index in [4.69, 9.17) is 9.05 Å². The van der Waals surface area contributed by atoms with E-state index in [0.29, 0.717) is 18.7 Å². The summed E-state index contributed by atoms with van der Waals surface area (Å²) in [5, 5.41) is 0. The summed E-state index contributed by atoms with van der Waals surface area (Å²) in [6.07, 6.45) is 0. The van der Waals surface area contributed by atoms with Crippen LogP contribution in [-0.2, 0) is 11.1 Å². The van der Waals surface area contributed by atoms with Crippen LogP contribution in [0.25, 0.3) is 0 Å². The van der Waals surface area contributed by atoms with Crippen molar-refractivity contribution in [2.24, 2.45) is 0 Å². The second-order valence-corrected chi connectivity index (χ2v) is 6.16. The fourth-order valence-corrected chi connectivity index (χ4v) is 3.67. The molecule has 1 aromatic rings. The first kappa shape index (κ1) is 12.8. The Labute approximate surface area is 105 Å². The summed E-state index contributed by atoms with van der Waals surface area (Å²) in [6.45, 7) is 9.36. The average molecular weight is 253 g/mol. The molecule has 0 N–H and O–H groups in total. The van der Waals surface area contributed by atoms with E-state index in [2.05, 4.69) is 38.4 Å². The molecule has 0 saturated carbocycles. The van der Waals surface area contributed by atoms with Crippen molar-refractivity contribution in [2.75, 3.05) is 0 Å². The monoisotopic (exact) mass is 253 g/mol. The van der Waals surface area contributed by atoms with Crippen LogP contribution in [0.15, 0.2) is 24.3 Å². The van der Waals surface area contributed by atoms with Crippen LogP contribution in [0.3, 0.4) is 0 Å². The molecule has 0 radical (unpaired) electrons. The van der Waals surface area contributed by atoms with E-state index < -0.39 is 8.53 Å². The van der Waals surface area contributed by atoms with Gasteiger partial charge in [0.05, 0.1) is 6.61 Å². The standard InChI is InChI=1S/C13H20NO2P/c1-10(2)14(11(3)4)17-15-9-12-7-5-6-8-13(12)16-17/h5-8,10-11H,9H2,1-4H3. The van der Waals surface area contributed by atoms with E-state index in [1.165, 1.54) is 0 Å². The van der Waals surface area contributed by atoms with Crippen LogP contribution in [0.2, 0.25) is 0 Å². The molecule has 1 aliphatic heterocycles. The predicted molar refractivity (Wildman–Crippen MR) is 70.9 cm³/mol. The van der Waals surface area contributed by atoms with E-state index in [9.17, 15) is 0 Å². The minimum Gasteiger partial charge on any atom is -0.435 e. The van der Waals surface area contributed by atoms with Crippen molar-refractivity contribution in [2.45, 2.75) is 46.4 Å². The lowest BCUT2D eigenvalue weighted by molar-refractivity contribution is 0.195. The van der Waals surface area contributed by atoms with Crippen LogP contribution in [-0.4, -0.2) is 16.8 Å². The summed E-state index contributed by atoms with van der Waals surface area (Å²) in [4.78, 5) is 0. The summed E-state index contributed by atoms with van der Waals surface area (Å²) in [5.74, 6) is 0.969. The fourth-order valence-electron chi connectivity index (χ4n) is 2.03. The third-order valence-corrected chi connectivity index (χ3v) is 4.73. The zero-order valence-electron chi connectivity index (χ0n) is 10.9. The van der Waals surface area contributed by atoms with Crippen molar-refractivity contribution in [3.8, 4) is 5.75 Å². The molecular formula is C13H20NO2P. The Kier molecular flexibility index (Phi) is 4.03. The Morgan fingerprint density at radius 1 is 1.12 bits per heavy atom. The highest BCUT2D eigenvalue weighted by Crippen LogP contribution is 2.50. The molecule has 1 heterocycles. The highest BCUT2D eigenvalue weighted by Gasteiger charge is 2.31. The number of para-hydroxylation sites is 1. The van der Waals surface area contributed by atoms with Gasteiger partial charge in [-0.1, -0.05) is 18.2 Å². The summed E-state index contributed by atoms with van der Waals surface area (Å²) < 4.78 is 14.1. The van der Waals surface area contributed by atoms with Gasteiger partial charge in [0.1, 0.15) is 5.75 Å². The van der Waals surface area contributed by atoms with Crippen LogP contribution in [0.1, 0.15) is 33.3 Å². The molecule has 0 saturated heterocycles. The van der Waals surface area contributed by atoms with Crippen molar-refractivity contribution in [1.82, 2.24) is 4.67 Å². The first-order valence-electron chi connectivity index (χ1n) is 6.06. The van der Waals surface area contributed by atoms with E-state index in [1.807, 2.05) is 18.2 Å². The molecule has 1 unspecified atom stereocenters. The Bertz CT molecular complexity index is 373. The Balaban J connectivity index is 2.16. The summed E-state index contributed by atoms with van der Waals surface area (Å²) in [7, 11) is -0.967. The number of benzene rings is 1. The summed E-state index contributed by atoms with van der Waals surface area (Å²) in [6, 6.07) is 8.94. The van der Waals surface area contributed by atoms with E-state index >= 15 is 0 Å². The fraction of sp³-hybridized carbons (Fsp3) is 0.538. The van der Waals surface area contributed by atoms with Gasteiger partial charge in [-0.3, -0.25) is 0 Å². The molecule has 0 aromatic heterocycles. The molecule has 0 spiro atoms. The molecule has 0 amide bonds. The van der Waals surface area contributed by atoms with Crippen LogP contribution in [0.5, 0.6) is 5.75 Å². The molecule has 0 bridgehead atoms. The van der Waals surface area contributed by atoms with Gasteiger partial charge in [-0.05, 0) is 33.8 Å². The lowest BCUT2D eigenvalue weighted by Gasteiger charge is -2.37. The van der Waals surface area contributed by atoms with Gasteiger partial charge in [0, 0.05) is 17.6 Å². The van der Waals surface area contributed by atoms with Crippen molar-refractivity contribution < 1.29 is 9.05 Å². The molecule has 0 aliphatic carbocycles. The highest BCUT2D eigenvalue weighted by molar-refractivity contribution is 7.45. The average Bonchev–Trinajstić information content (AvgIpc) is 2.28. The molecule has 3 nitrogen and oxygen atoms in total. The molecule has 2 rings (SSSR count). The molecule has 1 atom stereocenters. The van der Waals surface area contributed by atoms with E-state index in [0.717, 1.165) is 11.3 Å².